The molecule has 0 fully saturated rings. The highest BCUT2D eigenvalue weighted by Gasteiger charge is 2.46. The first-order valence-electron chi connectivity index (χ1n) is 2.99. The minimum absolute atomic E-state index is 0.0787. The topological polar surface area (TPSA) is 37.3 Å². The lowest BCUT2D eigenvalue weighted by molar-refractivity contribution is -0.116. The normalized spacial score (nSPS) is 30.7. The van der Waals surface area contributed by atoms with Crippen LogP contribution >= 0.6 is 63.7 Å². The molecule has 0 saturated heterocycles. The van der Waals surface area contributed by atoms with Gasteiger partial charge in [-0.05, 0) is 15.9 Å². The van der Waals surface area contributed by atoms with Crippen molar-refractivity contribution in [3.05, 3.63) is 8.96 Å². The van der Waals surface area contributed by atoms with E-state index in [9.17, 15) is 9.90 Å². The molecule has 12 heavy (non-hydrogen) atoms. The second kappa shape index (κ2) is 3.81. The van der Waals surface area contributed by atoms with Crippen molar-refractivity contribution >= 4 is 69.5 Å². The van der Waals surface area contributed by atoms with E-state index >= 15 is 0 Å². The first-order valence-corrected chi connectivity index (χ1v) is 6.41. The zero-order chi connectivity index (χ0) is 9.52. The Balaban J connectivity index is 3.08. The highest BCUT2D eigenvalue weighted by Crippen LogP contribution is 2.45. The van der Waals surface area contributed by atoms with Crippen LogP contribution in [-0.2, 0) is 4.79 Å². The van der Waals surface area contributed by atoms with Crippen LogP contribution in [0, 0.1) is 0 Å². The largest absolute Gasteiger partial charge is 0.382 e. The molecule has 1 rings (SSSR count). The number of Topliss-reactive ketones (excluding diaryl/α,β-unsaturated/α-hetero) is 1. The summed E-state index contributed by atoms with van der Waals surface area (Å²) < 4.78 is 0.554. The van der Waals surface area contributed by atoms with E-state index < -0.39 is 5.60 Å². The summed E-state index contributed by atoms with van der Waals surface area (Å²) in [5, 5.41) is 9.93. The Labute approximate surface area is 103 Å². The van der Waals surface area contributed by atoms with Crippen LogP contribution in [0.1, 0.15) is 6.42 Å². The van der Waals surface area contributed by atoms with Crippen molar-refractivity contribution in [2.75, 3.05) is 0 Å². The van der Waals surface area contributed by atoms with Crippen LogP contribution in [0.5, 0.6) is 0 Å². The Morgan fingerprint density at radius 2 is 1.92 bits per heavy atom. The molecule has 0 bridgehead atoms. The summed E-state index contributed by atoms with van der Waals surface area (Å²) >= 11 is 12.6. The number of carbonyl (C=O) groups is 1. The van der Waals surface area contributed by atoms with Crippen molar-refractivity contribution in [1.82, 2.24) is 0 Å². The van der Waals surface area contributed by atoms with Gasteiger partial charge in [-0.25, -0.2) is 0 Å². The van der Waals surface area contributed by atoms with E-state index in [0.717, 1.165) is 0 Å². The maximum Gasteiger partial charge on any atom is 0.174 e. The second-order valence-corrected chi connectivity index (χ2v) is 7.10. The predicted molar refractivity (Wildman–Crippen MR) is 61.1 cm³/mol. The maximum atomic E-state index is 11.2. The maximum absolute atomic E-state index is 11.2. The fraction of sp³-hybridized carbons (Fsp3) is 0.500. The molecule has 0 aliphatic heterocycles. The van der Waals surface area contributed by atoms with Crippen LogP contribution in [0.25, 0.3) is 0 Å². The molecule has 68 valence electrons. The number of aliphatic hydroxyl groups is 1. The number of halogens is 4. The minimum Gasteiger partial charge on any atom is -0.382 e. The van der Waals surface area contributed by atoms with E-state index in [1.165, 1.54) is 0 Å². The Bertz CT molecular complexity index is 260. The van der Waals surface area contributed by atoms with Crippen molar-refractivity contribution in [3.8, 4) is 0 Å². The van der Waals surface area contributed by atoms with Crippen LogP contribution in [0.3, 0.4) is 0 Å². The van der Waals surface area contributed by atoms with Gasteiger partial charge in [0.15, 0.2) is 5.78 Å². The lowest BCUT2D eigenvalue weighted by Gasteiger charge is -2.23. The van der Waals surface area contributed by atoms with E-state index in [4.69, 9.17) is 0 Å². The van der Waals surface area contributed by atoms with Gasteiger partial charge in [0, 0.05) is 10.9 Å². The Hall–Kier alpha value is 1.29. The summed E-state index contributed by atoms with van der Waals surface area (Å²) in [5.74, 6) is -0.103. The van der Waals surface area contributed by atoms with Crippen molar-refractivity contribution in [2.45, 2.75) is 15.8 Å². The molecular formula is C6H4Br4O2. The third kappa shape index (κ3) is 1.73. The Morgan fingerprint density at radius 1 is 1.42 bits per heavy atom. The molecule has 0 amide bonds. The summed E-state index contributed by atoms with van der Waals surface area (Å²) in [5.41, 5.74) is -1.17. The van der Waals surface area contributed by atoms with Gasteiger partial charge in [0.05, 0.1) is 4.48 Å². The summed E-state index contributed by atoms with van der Waals surface area (Å²) in [6.07, 6.45) is 0.0787. The molecule has 1 N–H and O–H groups in total. The number of ketones is 1. The van der Waals surface area contributed by atoms with E-state index in [1.54, 1.807) is 0 Å². The molecule has 6 heteroatoms. The first kappa shape index (κ1) is 11.4. The molecule has 2 nitrogen and oxygen atoms in total. The van der Waals surface area contributed by atoms with Gasteiger partial charge in [-0.3, -0.25) is 4.79 Å². The van der Waals surface area contributed by atoms with Gasteiger partial charge in [-0.15, -0.1) is 0 Å². The van der Waals surface area contributed by atoms with Gasteiger partial charge in [0.1, 0.15) is 9.34 Å². The first-order chi connectivity index (χ1) is 5.39. The molecule has 1 aliphatic carbocycles. The number of rotatable bonds is 1. The van der Waals surface area contributed by atoms with Crippen molar-refractivity contribution in [1.29, 1.82) is 0 Å². The fourth-order valence-corrected chi connectivity index (χ4v) is 3.36. The second-order valence-electron chi connectivity index (χ2n) is 2.45. The van der Waals surface area contributed by atoms with Gasteiger partial charge in [-0.1, -0.05) is 47.8 Å². The molecule has 1 atom stereocenters. The van der Waals surface area contributed by atoms with Gasteiger partial charge in [0.2, 0.25) is 0 Å². The summed E-state index contributed by atoms with van der Waals surface area (Å²) in [4.78, 5) is 11.2. The lowest BCUT2D eigenvalue weighted by atomic mass is 10.1. The Kier molecular flexibility index (Phi) is 3.60. The monoisotopic (exact) mass is 424 g/mol. The molecule has 0 aromatic rings. The Morgan fingerprint density at radius 3 is 2.08 bits per heavy atom. The number of carbonyl (C=O) groups excluding carboxylic acids is 1. The smallest absolute Gasteiger partial charge is 0.174 e. The molecular weight excluding hydrogens is 424 g/mol. The third-order valence-corrected chi connectivity index (χ3v) is 5.58. The quantitative estimate of drug-likeness (QED) is 0.654. The van der Waals surface area contributed by atoms with Gasteiger partial charge in [0.25, 0.3) is 0 Å². The standard InChI is InChI=1S/C6H4Br4O2/c7-3-2(11)1-6(12,4(3)8)5(9)10/h5,12H,1H2. The van der Waals surface area contributed by atoms with Crippen LogP contribution in [0.15, 0.2) is 8.96 Å². The van der Waals surface area contributed by atoms with Gasteiger partial charge in [-0.2, -0.15) is 0 Å². The van der Waals surface area contributed by atoms with Crippen molar-refractivity contribution in [3.63, 3.8) is 0 Å². The average Bonchev–Trinajstić information content (AvgIpc) is 2.17. The summed E-state index contributed by atoms with van der Waals surface area (Å²) in [6.45, 7) is 0. The van der Waals surface area contributed by atoms with E-state index in [2.05, 4.69) is 63.7 Å². The van der Waals surface area contributed by atoms with Gasteiger partial charge < -0.3 is 5.11 Å². The number of hydrogen-bond donors (Lipinski definition) is 1. The molecule has 0 saturated carbocycles. The van der Waals surface area contributed by atoms with E-state index in [0.29, 0.717) is 8.96 Å². The van der Waals surface area contributed by atoms with Crippen LogP contribution in [-0.4, -0.2) is 20.2 Å². The van der Waals surface area contributed by atoms with Crippen molar-refractivity contribution in [2.24, 2.45) is 0 Å². The minimum atomic E-state index is -1.17. The zero-order valence-corrected chi connectivity index (χ0v) is 12.0. The molecule has 0 heterocycles. The summed E-state index contributed by atoms with van der Waals surface area (Å²) in [6, 6.07) is 0. The predicted octanol–water partition coefficient (Wildman–Crippen LogP) is 2.81. The van der Waals surface area contributed by atoms with Crippen LogP contribution in [0.4, 0.5) is 0 Å². The highest BCUT2D eigenvalue weighted by atomic mass is 79.9. The van der Waals surface area contributed by atoms with Crippen molar-refractivity contribution < 1.29 is 9.90 Å². The van der Waals surface area contributed by atoms with Gasteiger partial charge >= 0.3 is 0 Å². The van der Waals surface area contributed by atoms with Crippen LogP contribution < -0.4 is 0 Å². The number of allylic oxidation sites excluding steroid dienone is 1. The average molecular weight is 428 g/mol. The molecule has 0 aromatic carbocycles. The molecule has 0 spiro atoms. The zero-order valence-electron chi connectivity index (χ0n) is 5.65. The highest BCUT2D eigenvalue weighted by molar-refractivity contribution is 9.24. The number of alkyl halides is 2. The molecule has 1 aliphatic rings. The van der Waals surface area contributed by atoms with Crippen LogP contribution in [0.2, 0.25) is 0 Å². The third-order valence-electron chi connectivity index (χ3n) is 1.61. The molecule has 1 unspecified atom stereocenters. The molecule has 0 aromatic heterocycles. The fourth-order valence-electron chi connectivity index (χ4n) is 0.885. The number of hydrogen-bond acceptors (Lipinski definition) is 2. The summed E-state index contributed by atoms with van der Waals surface area (Å²) in [7, 11) is 0. The van der Waals surface area contributed by atoms with E-state index in [-0.39, 0.29) is 15.9 Å². The SMILES string of the molecule is O=C1CC(O)(C(Br)Br)C(Br)=C1Br. The molecule has 0 radical (unpaired) electrons. The lowest BCUT2D eigenvalue weighted by Crippen LogP contribution is -2.34. The van der Waals surface area contributed by atoms with E-state index in [1.807, 2.05) is 0 Å².